The summed E-state index contributed by atoms with van der Waals surface area (Å²) in [6, 6.07) is 25.3. The molecule has 0 aromatic heterocycles. The minimum Gasteiger partial charge on any atom is -0.292 e. The van der Waals surface area contributed by atoms with Gasteiger partial charge < -0.3 is 0 Å². The largest absolute Gasteiger partial charge is 0.292 e. The third-order valence-corrected chi connectivity index (χ3v) is 8.47. The molecule has 1 amide bonds. The van der Waals surface area contributed by atoms with Crippen molar-refractivity contribution in [3.8, 4) is 0 Å². The van der Waals surface area contributed by atoms with E-state index in [-0.39, 0.29) is 12.5 Å². The van der Waals surface area contributed by atoms with E-state index in [0.717, 1.165) is 32.7 Å². The number of nitrogens with zero attached hydrogens (tertiary/aromatic N) is 3. The number of nitrogens with one attached hydrogen (secondary N) is 1. The van der Waals surface area contributed by atoms with Crippen molar-refractivity contribution in [1.82, 2.24) is 14.6 Å². The molecule has 36 heavy (non-hydrogen) atoms. The maximum atomic E-state index is 12.9. The third-order valence-electron chi connectivity index (χ3n) is 6.55. The van der Waals surface area contributed by atoms with Gasteiger partial charge in [-0.25, -0.2) is 13.8 Å². The Bertz CT molecular complexity index is 1490. The number of carbonyl (C=O) groups excluding carboxylic acids is 1. The van der Waals surface area contributed by atoms with Crippen LogP contribution in [0.3, 0.4) is 0 Å². The molecular formula is C28H28N4O3S. The van der Waals surface area contributed by atoms with E-state index in [2.05, 4.69) is 40.9 Å². The molecule has 1 aliphatic heterocycles. The molecule has 5 rings (SSSR count). The molecule has 1 N–H and O–H groups in total. The first-order chi connectivity index (χ1) is 17.4. The van der Waals surface area contributed by atoms with Crippen LogP contribution in [-0.2, 0) is 14.8 Å². The Labute approximate surface area is 211 Å². The Balaban J connectivity index is 1.21. The van der Waals surface area contributed by atoms with Gasteiger partial charge in [0.05, 0.1) is 17.7 Å². The molecule has 7 nitrogen and oxygen atoms in total. The van der Waals surface area contributed by atoms with Gasteiger partial charge in [-0.3, -0.25) is 9.69 Å². The first-order valence-electron chi connectivity index (χ1n) is 11.9. The second kappa shape index (κ2) is 10.2. The van der Waals surface area contributed by atoms with Crippen LogP contribution < -0.4 is 5.43 Å². The van der Waals surface area contributed by atoms with E-state index in [1.165, 1.54) is 4.31 Å². The molecule has 184 valence electrons. The van der Waals surface area contributed by atoms with E-state index < -0.39 is 10.0 Å². The number of hydrogen-bond acceptors (Lipinski definition) is 5. The maximum absolute atomic E-state index is 12.9. The SMILES string of the molecule is Cc1ccc(S(=O)(=O)N2CCN(CC(=O)N/N=C/c3c4ccccc4cc4ccccc34)CC2)cc1. The second-order valence-corrected chi connectivity index (χ2v) is 11.0. The zero-order valence-corrected chi connectivity index (χ0v) is 20.9. The number of amides is 1. The molecule has 0 atom stereocenters. The normalized spacial score (nSPS) is 15.6. The van der Waals surface area contributed by atoms with Gasteiger partial charge in [-0.05, 0) is 46.7 Å². The molecule has 1 heterocycles. The van der Waals surface area contributed by atoms with Crippen molar-refractivity contribution in [3.05, 3.63) is 90.0 Å². The van der Waals surface area contributed by atoms with Gasteiger partial charge in [0.1, 0.15) is 0 Å². The molecule has 8 heteroatoms. The first-order valence-corrected chi connectivity index (χ1v) is 13.4. The van der Waals surface area contributed by atoms with Gasteiger partial charge in [-0.2, -0.15) is 9.41 Å². The van der Waals surface area contributed by atoms with Gasteiger partial charge in [0.25, 0.3) is 5.91 Å². The zero-order chi connectivity index (χ0) is 25.1. The van der Waals surface area contributed by atoms with E-state index in [9.17, 15) is 13.2 Å². The van der Waals surface area contributed by atoms with E-state index in [0.29, 0.717) is 31.1 Å². The van der Waals surface area contributed by atoms with Crippen LogP contribution in [0, 0.1) is 6.92 Å². The molecule has 4 aromatic carbocycles. The number of hydrogen-bond donors (Lipinski definition) is 1. The molecule has 0 saturated carbocycles. The standard InChI is InChI=1S/C28H28N4O3S/c1-21-10-12-24(13-11-21)36(34,35)32-16-14-31(15-17-32)20-28(33)30-29-19-27-25-8-4-2-6-22(25)18-23-7-3-5-9-26(23)27/h2-13,18-19H,14-17,20H2,1H3,(H,30,33)/b29-19+. The van der Waals surface area contributed by atoms with E-state index in [1.807, 2.05) is 36.1 Å². The highest BCUT2D eigenvalue weighted by molar-refractivity contribution is 7.89. The number of sulfonamides is 1. The average molecular weight is 501 g/mol. The van der Waals surface area contributed by atoms with Gasteiger partial charge in [-0.1, -0.05) is 66.2 Å². The summed E-state index contributed by atoms with van der Waals surface area (Å²) in [6.45, 7) is 3.73. The predicted octanol–water partition coefficient (Wildman–Crippen LogP) is 3.76. The van der Waals surface area contributed by atoms with Crippen molar-refractivity contribution >= 4 is 43.7 Å². The summed E-state index contributed by atoms with van der Waals surface area (Å²) in [6.07, 6.45) is 1.70. The topological polar surface area (TPSA) is 82.1 Å². The molecular weight excluding hydrogens is 472 g/mol. The lowest BCUT2D eigenvalue weighted by molar-refractivity contribution is -0.122. The Morgan fingerprint density at radius 1 is 0.889 bits per heavy atom. The summed E-state index contributed by atoms with van der Waals surface area (Å²) in [5.74, 6) is -0.231. The van der Waals surface area contributed by atoms with E-state index in [1.54, 1.807) is 30.5 Å². The van der Waals surface area contributed by atoms with Crippen LogP contribution in [0.2, 0.25) is 0 Å². The Morgan fingerprint density at radius 2 is 1.47 bits per heavy atom. The number of fused-ring (bicyclic) bond motifs is 2. The highest BCUT2D eigenvalue weighted by Gasteiger charge is 2.28. The van der Waals surface area contributed by atoms with E-state index >= 15 is 0 Å². The summed E-state index contributed by atoms with van der Waals surface area (Å²) in [4.78, 5) is 14.8. The molecule has 1 fully saturated rings. The van der Waals surface area contributed by atoms with Crippen LogP contribution in [0.4, 0.5) is 0 Å². The summed E-state index contributed by atoms with van der Waals surface area (Å²) < 4.78 is 27.3. The minimum absolute atomic E-state index is 0.159. The molecule has 0 bridgehead atoms. The van der Waals surface area contributed by atoms with Gasteiger partial charge in [-0.15, -0.1) is 0 Å². The Hall–Kier alpha value is -3.59. The van der Waals surface area contributed by atoms with Crippen LogP contribution in [-0.4, -0.2) is 62.5 Å². The number of carbonyl (C=O) groups is 1. The second-order valence-electron chi connectivity index (χ2n) is 9.02. The highest BCUT2D eigenvalue weighted by Crippen LogP contribution is 2.27. The van der Waals surface area contributed by atoms with Gasteiger partial charge in [0.15, 0.2) is 0 Å². The quantitative estimate of drug-likeness (QED) is 0.248. The number of rotatable bonds is 6. The van der Waals surface area contributed by atoms with Crippen LogP contribution in [0.15, 0.2) is 88.9 Å². The first kappa shape index (κ1) is 24.1. The van der Waals surface area contributed by atoms with Gasteiger partial charge in [0.2, 0.25) is 10.0 Å². The molecule has 4 aromatic rings. The minimum atomic E-state index is -3.53. The van der Waals surface area contributed by atoms with Crippen molar-refractivity contribution in [2.45, 2.75) is 11.8 Å². The lowest BCUT2D eigenvalue weighted by Crippen LogP contribution is -2.50. The maximum Gasteiger partial charge on any atom is 0.254 e. The molecule has 1 aliphatic rings. The smallest absolute Gasteiger partial charge is 0.254 e. The van der Waals surface area contributed by atoms with Gasteiger partial charge >= 0.3 is 0 Å². The van der Waals surface area contributed by atoms with E-state index in [4.69, 9.17) is 0 Å². The van der Waals surface area contributed by atoms with Crippen molar-refractivity contribution in [2.24, 2.45) is 5.10 Å². The number of piperazine rings is 1. The van der Waals surface area contributed by atoms with Crippen molar-refractivity contribution in [2.75, 3.05) is 32.7 Å². The number of benzene rings is 4. The van der Waals surface area contributed by atoms with Crippen LogP contribution in [0.25, 0.3) is 21.5 Å². The fraction of sp³-hybridized carbons (Fsp3) is 0.214. The summed E-state index contributed by atoms with van der Waals surface area (Å²) in [5.41, 5.74) is 4.61. The van der Waals surface area contributed by atoms with Crippen LogP contribution in [0.1, 0.15) is 11.1 Å². The fourth-order valence-electron chi connectivity index (χ4n) is 4.58. The summed E-state index contributed by atoms with van der Waals surface area (Å²) >= 11 is 0. The molecule has 0 unspecified atom stereocenters. The average Bonchev–Trinajstić information content (AvgIpc) is 2.89. The summed E-state index contributed by atoms with van der Waals surface area (Å²) in [7, 11) is -3.53. The molecule has 0 radical (unpaired) electrons. The van der Waals surface area contributed by atoms with Crippen molar-refractivity contribution in [3.63, 3.8) is 0 Å². The lowest BCUT2D eigenvalue weighted by atomic mass is 9.97. The third kappa shape index (κ3) is 5.02. The number of hydrazone groups is 1. The molecule has 1 saturated heterocycles. The predicted molar refractivity (Wildman–Crippen MR) is 144 cm³/mol. The Morgan fingerprint density at radius 3 is 2.08 bits per heavy atom. The van der Waals surface area contributed by atoms with Crippen molar-refractivity contribution in [1.29, 1.82) is 0 Å². The zero-order valence-electron chi connectivity index (χ0n) is 20.1. The van der Waals surface area contributed by atoms with Gasteiger partial charge in [0, 0.05) is 31.7 Å². The monoisotopic (exact) mass is 500 g/mol. The Kier molecular flexibility index (Phi) is 6.82. The highest BCUT2D eigenvalue weighted by atomic mass is 32.2. The number of aryl methyl sites for hydroxylation is 1. The lowest BCUT2D eigenvalue weighted by Gasteiger charge is -2.33. The van der Waals surface area contributed by atoms with Crippen LogP contribution >= 0.6 is 0 Å². The summed E-state index contributed by atoms with van der Waals surface area (Å²) in [5, 5.41) is 8.62. The molecule has 0 spiro atoms. The molecule has 0 aliphatic carbocycles. The van der Waals surface area contributed by atoms with Crippen LogP contribution in [0.5, 0.6) is 0 Å². The fourth-order valence-corrected chi connectivity index (χ4v) is 6.00. The van der Waals surface area contributed by atoms with Crippen molar-refractivity contribution < 1.29 is 13.2 Å².